The predicted octanol–water partition coefficient (Wildman–Crippen LogP) is 1.14. The van der Waals surface area contributed by atoms with Gasteiger partial charge in [0.25, 0.3) is 0 Å². The zero-order chi connectivity index (χ0) is 8.97. The fraction of sp³-hybridized carbons (Fsp3) is 0.778. The van der Waals surface area contributed by atoms with Crippen molar-refractivity contribution in [3.05, 3.63) is 0 Å². The van der Waals surface area contributed by atoms with Gasteiger partial charge < -0.3 is 4.74 Å². The van der Waals surface area contributed by atoms with Crippen molar-refractivity contribution in [2.24, 2.45) is 11.8 Å². The first kappa shape index (κ1) is 9.21. The minimum absolute atomic E-state index is 0.00981. The highest BCUT2D eigenvalue weighted by atomic mass is 16.5. The van der Waals surface area contributed by atoms with Crippen LogP contribution in [0.25, 0.3) is 0 Å². The minimum atomic E-state index is -0.408. The van der Waals surface area contributed by atoms with E-state index in [4.69, 9.17) is 10.00 Å². The van der Waals surface area contributed by atoms with Crippen LogP contribution in [0.5, 0.6) is 0 Å². The third-order valence-electron chi connectivity index (χ3n) is 2.31. The maximum absolute atomic E-state index is 11.0. The summed E-state index contributed by atoms with van der Waals surface area (Å²) in [6, 6.07) is 2.07. The molecule has 1 saturated heterocycles. The number of carbonyl (C=O) groups excluding carboxylic acids is 1. The third kappa shape index (κ3) is 2.05. The zero-order valence-corrected chi connectivity index (χ0v) is 7.25. The van der Waals surface area contributed by atoms with Gasteiger partial charge in [0.15, 0.2) is 0 Å². The Kier molecular flexibility index (Phi) is 3.24. The Morgan fingerprint density at radius 1 is 1.58 bits per heavy atom. The van der Waals surface area contributed by atoms with E-state index in [1.54, 1.807) is 0 Å². The molecule has 66 valence electrons. The summed E-state index contributed by atoms with van der Waals surface area (Å²) in [4.78, 5) is 11.0. The van der Waals surface area contributed by atoms with Crippen LogP contribution in [0.4, 0.5) is 0 Å². The summed E-state index contributed by atoms with van der Waals surface area (Å²) in [5.74, 6) is -0.195. The summed E-state index contributed by atoms with van der Waals surface area (Å²) in [6.45, 7) is 2.87. The van der Waals surface area contributed by atoms with Crippen molar-refractivity contribution in [3.8, 4) is 6.07 Å². The minimum Gasteiger partial charge on any atom is -0.381 e. The molecule has 0 aromatic carbocycles. The van der Waals surface area contributed by atoms with Crippen LogP contribution in [0.2, 0.25) is 0 Å². The number of carbonyl (C=O) groups is 1. The van der Waals surface area contributed by atoms with Crippen molar-refractivity contribution in [3.63, 3.8) is 0 Å². The molecule has 0 bridgehead atoms. The Balaban J connectivity index is 2.53. The van der Waals surface area contributed by atoms with Gasteiger partial charge >= 0.3 is 0 Å². The van der Waals surface area contributed by atoms with Crippen LogP contribution in [-0.2, 0) is 9.53 Å². The highest BCUT2D eigenvalue weighted by Crippen LogP contribution is 2.23. The van der Waals surface area contributed by atoms with Crippen molar-refractivity contribution in [2.75, 3.05) is 13.2 Å². The molecule has 1 heterocycles. The topological polar surface area (TPSA) is 50.1 Å². The summed E-state index contributed by atoms with van der Waals surface area (Å²) in [5, 5.41) is 8.74. The Morgan fingerprint density at radius 2 is 2.17 bits per heavy atom. The van der Waals surface area contributed by atoms with Gasteiger partial charge in [0.05, 0.1) is 6.07 Å². The van der Waals surface area contributed by atoms with Gasteiger partial charge in [-0.05, 0) is 25.7 Å². The second-order valence-corrected chi connectivity index (χ2v) is 3.17. The summed E-state index contributed by atoms with van der Waals surface area (Å²) >= 11 is 0. The van der Waals surface area contributed by atoms with Gasteiger partial charge in [-0.25, -0.2) is 0 Å². The SMILES string of the molecule is CC(=O)C(C#N)C1CCOCC1. The van der Waals surface area contributed by atoms with Gasteiger partial charge in [-0.1, -0.05) is 0 Å². The molecule has 1 aliphatic heterocycles. The third-order valence-corrected chi connectivity index (χ3v) is 2.31. The highest BCUT2D eigenvalue weighted by molar-refractivity contribution is 5.81. The van der Waals surface area contributed by atoms with Crippen LogP contribution >= 0.6 is 0 Å². The number of Topliss-reactive ketones (excluding diaryl/α,β-unsaturated/α-hetero) is 1. The van der Waals surface area contributed by atoms with Gasteiger partial charge in [0, 0.05) is 13.2 Å². The molecule has 3 nitrogen and oxygen atoms in total. The van der Waals surface area contributed by atoms with Gasteiger partial charge in [-0.15, -0.1) is 0 Å². The molecule has 0 N–H and O–H groups in total. The number of nitrogens with zero attached hydrogens (tertiary/aromatic N) is 1. The van der Waals surface area contributed by atoms with Crippen LogP contribution < -0.4 is 0 Å². The van der Waals surface area contributed by atoms with Crippen molar-refractivity contribution in [1.29, 1.82) is 5.26 Å². The molecule has 3 heteroatoms. The Labute approximate surface area is 72.3 Å². The van der Waals surface area contributed by atoms with Crippen molar-refractivity contribution in [1.82, 2.24) is 0 Å². The lowest BCUT2D eigenvalue weighted by molar-refractivity contribution is -0.121. The van der Waals surface area contributed by atoms with Crippen LogP contribution in [0.1, 0.15) is 19.8 Å². The summed E-state index contributed by atoms with van der Waals surface area (Å²) in [7, 11) is 0. The molecule has 1 unspecified atom stereocenters. The van der Waals surface area contributed by atoms with Crippen molar-refractivity contribution in [2.45, 2.75) is 19.8 Å². The fourth-order valence-electron chi connectivity index (χ4n) is 1.58. The van der Waals surface area contributed by atoms with E-state index in [2.05, 4.69) is 6.07 Å². The molecule has 12 heavy (non-hydrogen) atoms. The Morgan fingerprint density at radius 3 is 2.58 bits per heavy atom. The molecule has 0 aromatic rings. The largest absolute Gasteiger partial charge is 0.381 e. The molecular weight excluding hydrogens is 154 g/mol. The molecule has 1 atom stereocenters. The second kappa shape index (κ2) is 4.22. The molecule has 1 rings (SSSR count). The van der Waals surface area contributed by atoms with Crippen LogP contribution in [0.3, 0.4) is 0 Å². The van der Waals surface area contributed by atoms with E-state index in [1.165, 1.54) is 6.92 Å². The number of nitriles is 1. The van der Waals surface area contributed by atoms with E-state index >= 15 is 0 Å². The highest BCUT2D eigenvalue weighted by Gasteiger charge is 2.26. The van der Waals surface area contributed by atoms with E-state index in [-0.39, 0.29) is 11.7 Å². The van der Waals surface area contributed by atoms with Crippen LogP contribution in [0.15, 0.2) is 0 Å². The van der Waals surface area contributed by atoms with Gasteiger partial charge in [-0.2, -0.15) is 5.26 Å². The van der Waals surface area contributed by atoms with Crippen molar-refractivity contribution >= 4 is 5.78 Å². The first-order valence-corrected chi connectivity index (χ1v) is 4.23. The van der Waals surface area contributed by atoms with Gasteiger partial charge in [0.2, 0.25) is 0 Å². The molecule has 1 fully saturated rings. The number of hydrogen-bond donors (Lipinski definition) is 0. The monoisotopic (exact) mass is 167 g/mol. The quantitative estimate of drug-likeness (QED) is 0.619. The Bertz CT molecular complexity index is 201. The lowest BCUT2D eigenvalue weighted by Crippen LogP contribution is -2.26. The smallest absolute Gasteiger partial charge is 0.147 e. The van der Waals surface area contributed by atoms with E-state index in [0.717, 1.165) is 12.8 Å². The van der Waals surface area contributed by atoms with Crippen molar-refractivity contribution < 1.29 is 9.53 Å². The number of hydrogen-bond acceptors (Lipinski definition) is 3. The van der Waals surface area contributed by atoms with Gasteiger partial charge in [0.1, 0.15) is 11.7 Å². The fourth-order valence-corrected chi connectivity index (χ4v) is 1.58. The molecule has 0 spiro atoms. The Hall–Kier alpha value is -0.880. The lowest BCUT2D eigenvalue weighted by atomic mass is 9.85. The van der Waals surface area contributed by atoms with E-state index in [0.29, 0.717) is 13.2 Å². The zero-order valence-electron chi connectivity index (χ0n) is 7.25. The molecule has 0 saturated carbocycles. The van der Waals surface area contributed by atoms with Crippen LogP contribution in [0, 0.1) is 23.2 Å². The molecule has 0 aromatic heterocycles. The van der Waals surface area contributed by atoms with E-state index < -0.39 is 5.92 Å². The second-order valence-electron chi connectivity index (χ2n) is 3.17. The molecule has 0 aliphatic carbocycles. The standard InChI is InChI=1S/C9H13NO2/c1-7(11)9(6-10)8-2-4-12-5-3-8/h8-9H,2-5H2,1H3. The first-order valence-electron chi connectivity index (χ1n) is 4.23. The van der Waals surface area contributed by atoms with Gasteiger partial charge in [-0.3, -0.25) is 4.79 Å². The van der Waals surface area contributed by atoms with E-state index in [1.807, 2.05) is 0 Å². The maximum Gasteiger partial charge on any atom is 0.147 e. The molecule has 0 amide bonds. The average molecular weight is 167 g/mol. The molecule has 1 aliphatic rings. The summed E-state index contributed by atoms with van der Waals surface area (Å²) < 4.78 is 5.15. The number of ketones is 1. The molecular formula is C9H13NO2. The maximum atomic E-state index is 11.0. The number of ether oxygens (including phenoxy) is 1. The van der Waals surface area contributed by atoms with E-state index in [9.17, 15) is 4.79 Å². The normalized spacial score (nSPS) is 21.3. The molecule has 0 radical (unpaired) electrons. The lowest BCUT2D eigenvalue weighted by Gasteiger charge is -2.24. The average Bonchev–Trinajstić information content (AvgIpc) is 2.07. The summed E-state index contributed by atoms with van der Waals surface area (Å²) in [6.07, 6.45) is 1.69. The van der Waals surface area contributed by atoms with Crippen LogP contribution in [-0.4, -0.2) is 19.0 Å². The predicted molar refractivity (Wildman–Crippen MR) is 43.3 cm³/mol. The summed E-state index contributed by atoms with van der Waals surface area (Å²) in [5.41, 5.74) is 0. The first-order chi connectivity index (χ1) is 5.75. The number of rotatable bonds is 2.